The van der Waals surface area contributed by atoms with Crippen LogP contribution in [-0.2, 0) is 17.8 Å². The fourth-order valence-electron chi connectivity index (χ4n) is 2.71. The van der Waals surface area contributed by atoms with Crippen molar-refractivity contribution in [1.29, 1.82) is 0 Å². The van der Waals surface area contributed by atoms with E-state index in [9.17, 15) is 4.79 Å². The molecule has 1 heterocycles. The summed E-state index contributed by atoms with van der Waals surface area (Å²) < 4.78 is 5.92. The molecule has 0 atom stereocenters. The summed E-state index contributed by atoms with van der Waals surface area (Å²) in [5.41, 5.74) is 2.01. The summed E-state index contributed by atoms with van der Waals surface area (Å²) in [6.07, 6.45) is 0.824. The van der Waals surface area contributed by atoms with Gasteiger partial charge in [0.25, 0.3) is 0 Å². The maximum atomic E-state index is 12.5. The van der Waals surface area contributed by atoms with E-state index in [0.29, 0.717) is 12.3 Å². The number of carbonyl (C=O) groups excluding carboxylic acids is 1. The van der Waals surface area contributed by atoms with Crippen LogP contribution >= 0.6 is 11.8 Å². The predicted molar refractivity (Wildman–Crippen MR) is 99.2 cm³/mol. The van der Waals surface area contributed by atoms with Crippen LogP contribution in [0, 0.1) is 0 Å². The highest BCUT2D eigenvalue weighted by molar-refractivity contribution is 8.00. The minimum Gasteiger partial charge on any atom is -0.461 e. The van der Waals surface area contributed by atoms with Crippen LogP contribution in [0.1, 0.15) is 18.2 Å². The lowest BCUT2D eigenvalue weighted by molar-refractivity contribution is -0.127. The summed E-state index contributed by atoms with van der Waals surface area (Å²) in [6.45, 7) is 2.66. The van der Waals surface area contributed by atoms with Crippen LogP contribution in [0.25, 0.3) is 11.0 Å². The highest BCUT2D eigenvalue weighted by atomic mass is 32.2. The van der Waals surface area contributed by atoms with Gasteiger partial charge in [0.05, 0.1) is 5.75 Å². The Hall–Kier alpha value is -2.20. The molecule has 0 radical (unpaired) electrons. The molecule has 3 aromatic rings. The van der Waals surface area contributed by atoms with Gasteiger partial charge in [0, 0.05) is 35.9 Å². The van der Waals surface area contributed by atoms with E-state index in [1.165, 1.54) is 0 Å². The summed E-state index contributed by atoms with van der Waals surface area (Å²) in [5, 5.41) is 1.10. The van der Waals surface area contributed by atoms with E-state index in [4.69, 9.17) is 4.42 Å². The first kappa shape index (κ1) is 16.7. The molecule has 0 aliphatic heterocycles. The molecule has 0 saturated carbocycles. The summed E-state index contributed by atoms with van der Waals surface area (Å²) in [6, 6.07) is 18.0. The first-order chi connectivity index (χ1) is 11.7. The van der Waals surface area contributed by atoms with Gasteiger partial charge < -0.3 is 9.32 Å². The highest BCUT2D eigenvalue weighted by Gasteiger charge is 2.17. The van der Waals surface area contributed by atoms with E-state index in [2.05, 4.69) is 13.0 Å². The maximum absolute atomic E-state index is 12.5. The largest absolute Gasteiger partial charge is 0.461 e. The Bertz CT molecular complexity index is 826. The van der Waals surface area contributed by atoms with Crippen molar-refractivity contribution in [2.24, 2.45) is 0 Å². The summed E-state index contributed by atoms with van der Waals surface area (Å²) in [4.78, 5) is 15.4. The lowest BCUT2D eigenvalue weighted by atomic mass is 10.1. The van der Waals surface area contributed by atoms with Crippen molar-refractivity contribution in [2.45, 2.75) is 24.8 Å². The molecular formula is C20H21NO2S. The van der Waals surface area contributed by atoms with E-state index < -0.39 is 0 Å². The summed E-state index contributed by atoms with van der Waals surface area (Å²) >= 11 is 1.57. The molecule has 0 N–H and O–H groups in total. The zero-order valence-corrected chi connectivity index (χ0v) is 14.8. The van der Waals surface area contributed by atoms with Gasteiger partial charge in [-0.05, 0) is 18.2 Å². The third-order valence-corrected chi connectivity index (χ3v) is 5.03. The van der Waals surface area contributed by atoms with Crippen LogP contribution in [0.5, 0.6) is 0 Å². The number of rotatable bonds is 6. The molecule has 2 aromatic carbocycles. The van der Waals surface area contributed by atoms with Gasteiger partial charge in [-0.1, -0.05) is 43.3 Å². The SMILES string of the molecule is CCc1oc2ccccc2c1CN(C)C(=O)CSc1ccccc1. The van der Waals surface area contributed by atoms with E-state index in [0.717, 1.165) is 33.6 Å². The number of aryl methyl sites for hydroxylation is 1. The van der Waals surface area contributed by atoms with Gasteiger partial charge in [-0.2, -0.15) is 0 Å². The van der Waals surface area contributed by atoms with Crippen molar-refractivity contribution >= 4 is 28.6 Å². The molecular weight excluding hydrogens is 318 g/mol. The second-order valence-electron chi connectivity index (χ2n) is 5.71. The third kappa shape index (κ3) is 3.65. The molecule has 0 aliphatic rings. The minimum absolute atomic E-state index is 0.121. The molecule has 4 heteroatoms. The Morgan fingerprint density at radius 2 is 1.79 bits per heavy atom. The number of nitrogens with zero attached hydrogens (tertiary/aromatic N) is 1. The molecule has 0 aliphatic carbocycles. The Labute approximate surface area is 146 Å². The fourth-order valence-corrected chi connectivity index (χ4v) is 3.57. The molecule has 1 amide bonds. The average molecular weight is 339 g/mol. The number of para-hydroxylation sites is 1. The van der Waals surface area contributed by atoms with Crippen LogP contribution in [0.3, 0.4) is 0 Å². The molecule has 0 bridgehead atoms. The Kier molecular flexibility index (Phi) is 5.26. The van der Waals surface area contributed by atoms with Crippen molar-refractivity contribution < 1.29 is 9.21 Å². The number of thioether (sulfide) groups is 1. The molecule has 3 rings (SSSR count). The Balaban J connectivity index is 1.70. The van der Waals surface area contributed by atoms with E-state index in [1.807, 2.05) is 55.6 Å². The maximum Gasteiger partial charge on any atom is 0.232 e. The number of hydrogen-bond acceptors (Lipinski definition) is 3. The third-order valence-electron chi connectivity index (χ3n) is 4.03. The van der Waals surface area contributed by atoms with Crippen molar-refractivity contribution in [2.75, 3.05) is 12.8 Å². The number of hydrogen-bond donors (Lipinski definition) is 0. The standard InChI is InChI=1S/C20H21NO2S/c1-3-18-17(16-11-7-8-12-19(16)23-18)13-21(2)20(22)14-24-15-9-5-4-6-10-15/h4-12H,3,13-14H2,1-2H3. The smallest absolute Gasteiger partial charge is 0.232 e. The average Bonchev–Trinajstić information content (AvgIpc) is 2.98. The topological polar surface area (TPSA) is 33.5 Å². The van der Waals surface area contributed by atoms with E-state index >= 15 is 0 Å². The highest BCUT2D eigenvalue weighted by Crippen LogP contribution is 2.27. The van der Waals surface area contributed by atoms with Crippen molar-refractivity contribution in [3.63, 3.8) is 0 Å². The van der Waals surface area contributed by atoms with Crippen LogP contribution in [0.15, 0.2) is 63.9 Å². The molecule has 124 valence electrons. The summed E-state index contributed by atoms with van der Waals surface area (Å²) in [5.74, 6) is 1.53. The zero-order valence-electron chi connectivity index (χ0n) is 14.0. The number of furan rings is 1. The number of amides is 1. The second kappa shape index (κ2) is 7.58. The monoisotopic (exact) mass is 339 g/mol. The van der Waals surface area contributed by atoms with Crippen molar-refractivity contribution in [1.82, 2.24) is 4.90 Å². The fraction of sp³-hybridized carbons (Fsp3) is 0.250. The molecule has 24 heavy (non-hydrogen) atoms. The van der Waals surface area contributed by atoms with Gasteiger partial charge >= 0.3 is 0 Å². The van der Waals surface area contributed by atoms with Gasteiger partial charge in [0.2, 0.25) is 5.91 Å². The molecule has 0 fully saturated rings. The normalized spacial score (nSPS) is 10.9. The number of fused-ring (bicyclic) bond motifs is 1. The van der Waals surface area contributed by atoms with Gasteiger partial charge in [-0.3, -0.25) is 4.79 Å². The first-order valence-electron chi connectivity index (χ1n) is 8.10. The van der Waals surface area contributed by atoms with Gasteiger partial charge in [0.15, 0.2) is 0 Å². The quantitative estimate of drug-likeness (QED) is 0.608. The van der Waals surface area contributed by atoms with Crippen molar-refractivity contribution in [3.8, 4) is 0 Å². The molecule has 1 aromatic heterocycles. The van der Waals surface area contributed by atoms with Crippen LogP contribution < -0.4 is 0 Å². The second-order valence-corrected chi connectivity index (χ2v) is 6.75. The summed E-state index contributed by atoms with van der Waals surface area (Å²) in [7, 11) is 1.86. The number of benzene rings is 2. The lowest BCUT2D eigenvalue weighted by Gasteiger charge is -2.17. The molecule has 0 unspecified atom stereocenters. The Morgan fingerprint density at radius 3 is 2.54 bits per heavy atom. The van der Waals surface area contributed by atoms with E-state index in [-0.39, 0.29) is 5.91 Å². The zero-order chi connectivity index (χ0) is 16.9. The van der Waals surface area contributed by atoms with Crippen molar-refractivity contribution in [3.05, 3.63) is 65.9 Å². The van der Waals surface area contributed by atoms with Crippen LogP contribution in [0.2, 0.25) is 0 Å². The van der Waals surface area contributed by atoms with Crippen LogP contribution in [-0.4, -0.2) is 23.6 Å². The first-order valence-corrected chi connectivity index (χ1v) is 9.08. The lowest BCUT2D eigenvalue weighted by Crippen LogP contribution is -2.28. The van der Waals surface area contributed by atoms with Gasteiger partial charge in [-0.15, -0.1) is 11.8 Å². The predicted octanol–water partition coefficient (Wildman–Crippen LogP) is 4.75. The van der Waals surface area contributed by atoms with E-state index in [1.54, 1.807) is 16.7 Å². The Morgan fingerprint density at radius 1 is 1.08 bits per heavy atom. The molecule has 3 nitrogen and oxygen atoms in total. The molecule has 0 saturated heterocycles. The number of carbonyl (C=O) groups is 1. The van der Waals surface area contributed by atoms with Crippen LogP contribution in [0.4, 0.5) is 0 Å². The van der Waals surface area contributed by atoms with Gasteiger partial charge in [-0.25, -0.2) is 0 Å². The molecule has 0 spiro atoms. The van der Waals surface area contributed by atoms with Gasteiger partial charge in [0.1, 0.15) is 11.3 Å². The minimum atomic E-state index is 0.121.